The molecule has 0 aliphatic carbocycles. The number of hydrogen-bond acceptors (Lipinski definition) is 4. The highest BCUT2D eigenvalue weighted by Gasteiger charge is 2.09. The maximum absolute atomic E-state index is 12.8. The third kappa shape index (κ3) is 3.98. The molecule has 6 heteroatoms. The Bertz CT molecular complexity index is 830. The molecular weight excluding hydrogens is 313 g/mol. The Morgan fingerprint density at radius 3 is 2.78 bits per heavy atom. The van der Waals surface area contributed by atoms with E-state index in [-0.39, 0.29) is 18.1 Å². The van der Waals surface area contributed by atoms with Gasteiger partial charge in [-0.3, -0.25) is 9.78 Å². The number of halogens is 1. The summed E-state index contributed by atoms with van der Waals surface area (Å²) in [6.07, 6.45) is 1.92. The Morgan fingerprint density at radius 1 is 1.26 bits per heavy atom. The molecule has 23 heavy (non-hydrogen) atoms. The average molecular weight is 327 g/mol. The molecule has 0 unspecified atom stereocenters. The molecule has 3 aromatic rings. The van der Waals surface area contributed by atoms with Crippen molar-refractivity contribution in [3.8, 4) is 11.3 Å². The van der Waals surface area contributed by atoms with E-state index in [1.165, 1.54) is 23.5 Å². The molecular formula is C17H14FN3OS. The van der Waals surface area contributed by atoms with E-state index in [4.69, 9.17) is 0 Å². The van der Waals surface area contributed by atoms with E-state index >= 15 is 0 Å². The first-order chi connectivity index (χ1) is 11.1. The SMILES string of the molecule is Cc1cc(-c2csc(NC(=O)Cc3ccc(F)cc3)n2)ccn1. The van der Waals surface area contributed by atoms with Crippen LogP contribution in [0.4, 0.5) is 9.52 Å². The van der Waals surface area contributed by atoms with Crippen molar-refractivity contribution in [3.05, 3.63) is 65.0 Å². The lowest BCUT2D eigenvalue weighted by molar-refractivity contribution is -0.115. The van der Waals surface area contributed by atoms with Crippen LogP contribution < -0.4 is 5.32 Å². The highest BCUT2D eigenvalue weighted by Crippen LogP contribution is 2.25. The van der Waals surface area contributed by atoms with Gasteiger partial charge in [0, 0.05) is 22.8 Å². The third-order valence-electron chi connectivity index (χ3n) is 3.22. The van der Waals surface area contributed by atoms with Gasteiger partial charge >= 0.3 is 0 Å². The van der Waals surface area contributed by atoms with Gasteiger partial charge in [0.25, 0.3) is 0 Å². The first-order valence-electron chi connectivity index (χ1n) is 7.03. The number of nitrogens with one attached hydrogen (secondary N) is 1. The number of hydrogen-bond donors (Lipinski definition) is 1. The molecule has 1 N–H and O–H groups in total. The summed E-state index contributed by atoms with van der Waals surface area (Å²) in [7, 11) is 0. The van der Waals surface area contributed by atoms with E-state index in [0.717, 1.165) is 22.5 Å². The number of nitrogens with zero attached hydrogens (tertiary/aromatic N) is 2. The van der Waals surface area contributed by atoms with Crippen LogP contribution in [-0.2, 0) is 11.2 Å². The van der Waals surface area contributed by atoms with Crippen LogP contribution in [0.1, 0.15) is 11.3 Å². The third-order valence-corrected chi connectivity index (χ3v) is 3.98. The molecule has 0 aliphatic rings. The van der Waals surface area contributed by atoms with E-state index in [2.05, 4.69) is 15.3 Å². The first-order valence-corrected chi connectivity index (χ1v) is 7.91. The van der Waals surface area contributed by atoms with Gasteiger partial charge in [0.05, 0.1) is 12.1 Å². The lowest BCUT2D eigenvalue weighted by Crippen LogP contribution is -2.14. The van der Waals surface area contributed by atoms with Crippen LogP contribution in [0.15, 0.2) is 48.0 Å². The smallest absolute Gasteiger partial charge is 0.230 e. The fraction of sp³-hybridized carbons (Fsp3) is 0.118. The highest BCUT2D eigenvalue weighted by atomic mass is 32.1. The van der Waals surface area contributed by atoms with Gasteiger partial charge in [-0.15, -0.1) is 11.3 Å². The molecule has 0 radical (unpaired) electrons. The zero-order valence-electron chi connectivity index (χ0n) is 12.4. The summed E-state index contributed by atoms with van der Waals surface area (Å²) in [4.78, 5) is 20.6. The number of rotatable bonds is 4. The maximum atomic E-state index is 12.8. The Hall–Kier alpha value is -2.60. The summed E-state index contributed by atoms with van der Waals surface area (Å²) in [5.74, 6) is -0.491. The second-order valence-electron chi connectivity index (χ2n) is 5.08. The van der Waals surface area contributed by atoms with E-state index < -0.39 is 0 Å². The molecule has 1 amide bonds. The maximum Gasteiger partial charge on any atom is 0.230 e. The molecule has 0 saturated carbocycles. The fourth-order valence-corrected chi connectivity index (χ4v) is 2.86. The minimum Gasteiger partial charge on any atom is -0.302 e. The van der Waals surface area contributed by atoms with E-state index in [0.29, 0.717) is 5.13 Å². The number of thiazole rings is 1. The van der Waals surface area contributed by atoms with E-state index in [1.54, 1.807) is 18.3 Å². The average Bonchev–Trinajstić information content (AvgIpc) is 2.98. The number of anilines is 1. The van der Waals surface area contributed by atoms with Gasteiger partial charge in [-0.2, -0.15) is 0 Å². The molecule has 2 aromatic heterocycles. The molecule has 0 bridgehead atoms. The lowest BCUT2D eigenvalue weighted by Gasteiger charge is -2.02. The summed E-state index contributed by atoms with van der Waals surface area (Å²) < 4.78 is 12.8. The van der Waals surface area contributed by atoms with Gasteiger partial charge in [0.1, 0.15) is 5.82 Å². The number of aryl methyl sites for hydroxylation is 1. The zero-order valence-corrected chi connectivity index (χ0v) is 13.2. The number of carbonyl (C=O) groups excluding carboxylic acids is 1. The van der Waals surface area contributed by atoms with Crippen LogP contribution in [0.2, 0.25) is 0 Å². The minimum absolute atomic E-state index is 0.177. The van der Waals surface area contributed by atoms with Gasteiger partial charge in [0.2, 0.25) is 5.91 Å². The molecule has 1 aromatic carbocycles. The monoisotopic (exact) mass is 327 g/mol. The van der Waals surface area contributed by atoms with Crippen LogP contribution in [-0.4, -0.2) is 15.9 Å². The Kier molecular flexibility index (Phi) is 4.43. The molecule has 4 nitrogen and oxygen atoms in total. The Morgan fingerprint density at radius 2 is 2.04 bits per heavy atom. The van der Waals surface area contributed by atoms with Crippen molar-refractivity contribution < 1.29 is 9.18 Å². The summed E-state index contributed by atoms with van der Waals surface area (Å²) in [6, 6.07) is 9.71. The molecule has 0 aliphatic heterocycles. The molecule has 0 saturated heterocycles. The molecule has 3 rings (SSSR count). The number of amides is 1. The van der Waals surface area contributed by atoms with Gasteiger partial charge in [-0.05, 0) is 36.8 Å². The summed E-state index contributed by atoms with van der Waals surface area (Å²) in [5.41, 5.74) is 3.44. The largest absolute Gasteiger partial charge is 0.302 e. The number of benzene rings is 1. The molecule has 0 fully saturated rings. The first kappa shape index (κ1) is 15.3. The fourth-order valence-electron chi connectivity index (χ4n) is 2.12. The lowest BCUT2D eigenvalue weighted by atomic mass is 10.1. The molecule has 2 heterocycles. The van der Waals surface area contributed by atoms with Gasteiger partial charge in [-0.1, -0.05) is 12.1 Å². The molecule has 0 spiro atoms. The number of aromatic nitrogens is 2. The number of pyridine rings is 1. The summed E-state index contributed by atoms with van der Waals surface area (Å²) >= 11 is 1.37. The highest BCUT2D eigenvalue weighted by molar-refractivity contribution is 7.14. The van der Waals surface area contributed by atoms with Crippen molar-refractivity contribution in [1.82, 2.24) is 9.97 Å². The summed E-state index contributed by atoms with van der Waals surface area (Å²) in [5, 5.41) is 5.20. The van der Waals surface area contributed by atoms with Gasteiger partial charge in [-0.25, -0.2) is 9.37 Å². The van der Waals surface area contributed by atoms with Crippen molar-refractivity contribution in [2.24, 2.45) is 0 Å². The second-order valence-corrected chi connectivity index (χ2v) is 5.93. The van der Waals surface area contributed by atoms with Crippen LogP contribution in [0.3, 0.4) is 0 Å². The number of carbonyl (C=O) groups is 1. The van der Waals surface area contributed by atoms with Crippen molar-refractivity contribution in [3.63, 3.8) is 0 Å². The quantitative estimate of drug-likeness (QED) is 0.792. The van der Waals surface area contributed by atoms with Gasteiger partial charge < -0.3 is 5.32 Å². The second kappa shape index (κ2) is 6.66. The van der Waals surface area contributed by atoms with Gasteiger partial charge in [0.15, 0.2) is 5.13 Å². The van der Waals surface area contributed by atoms with Crippen molar-refractivity contribution in [2.75, 3.05) is 5.32 Å². The molecule has 116 valence electrons. The Labute approximate surface area is 137 Å². The van der Waals surface area contributed by atoms with E-state index in [1.807, 2.05) is 24.4 Å². The van der Waals surface area contributed by atoms with Crippen molar-refractivity contribution >= 4 is 22.4 Å². The van der Waals surface area contributed by atoms with Crippen LogP contribution in [0, 0.1) is 12.7 Å². The topological polar surface area (TPSA) is 54.9 Å². The van der Waals surface area contributed by atoms with Crippen LogP contribution in [0.25, 0.3) is 11.3 Å². The zero-order chi connectivity index (χ0) is 16.2. The van der Waals surface area contributed by atoms with E-state index in [9.17, 15) is 9.18 Å². The predicted molar refractivity (Wildman–Crippen MR) is 88.8 cm³/mol. The summed E-state index contributed by atoms with van der Waals surface area (Å²) in [6.45, 7) is 1.92. The van der Waals surface area contributed by atoms with Crippen LogP contribution in [0.5, 0.6) is 0 Å². The molecule has 0 atom stereocenters. The van der Waals surface area contributed by atoms with Crippen molar-refractivity contribution in [2.45, 2.75) is 13.3 Å². The standard InChI is InChI=1S/C17H14FN3OS/c1-11-8-13(6-7-19-11)15-10-23-17(20-15)21-16(22)9-12-2-4-14(18)5-3-12/h2-8,10H,9H2,1H3,(H,20,21,22). The van der Waals surface area contributed by atoms with Crippen LogP contribution >= 0.6 is 11.3 Å². The predicted octanol–water partition coefficient (Wildman–Crippen LogP) is 3.83. The normalized spacial score (nSPS) is 10.5. The Balaban J connectivity index is 1.66. The minimum atomic E-state index is -0.314. The van der Waals surface area contributed by atoms with Crippen molar-refractivity contribution in [1.29, 1.82) is 0 Å².